The molecule has 0 aliphatic carbocycles. The summed E-state index contributed by atoms with van der Waals surface area (Å²) in [7, 11) is 0. The number of anilines is 2. The summed E-state index contributed by atoms with van der Waals surface area (Å²) in [5.41, 5.74) is 1.40. The van der Waals surface area contributed by atoms with E-state index >= 15 is 0 Å². The first-order valence-corrected chi connectivity index (χ1v) is 10.6. The topological polar surface area (TPSA) is 88.2 Å². The van der Waals surface area contributed by atoms with Gasteiger partial charge in [-0.25, -0.2) is 0 Å². The number of ether oxygens (including phenoxy) is 2. The predicted octanol–water partition coefficient (Wildman–Crippen LogP) is 3.32. The molecular weight excluding hydrogens is 455 g/mol. The van der Waals surface area contributed by atoms with Crippen LogP contribution in [-0.4, -0.2) is 48.7 Å². The molecule has 4 rings (SSSR count). The molecule has 2 aliphatic heterocycles. The van der Waals surface area contributed by atoms with Crippen molar-refractivity contribution < 1.29 is 37.0 Å². The molecule has 0 spiro atoms. The number of hydrogen-bond acceptors (Lipinski definition) is 5. The third kappa shape index (κ3) is 4.92. The molecule has 0 aromatic heterocycles. The van der Waals surface area contributed by atoms with Crippen molar-refractivity contribution in [1.29, 1.82) is 0 Å². The monoisotopic (exact) mass is 477 g/mol. The molecule has 180 valence electrons. The lowest BCUT2D eigenvalue weighted by molar-refractivity contribution is -0.185. The number of halogens is 3. The Morgan fingerprint density at radius 1 is 1.15 bits per heavy atom. The molecule has 1 N–H and O–H groups in total. The van der Waals surface area contributed by atoms with Crippen molar-refractivity contribution in [3.05, 3.63) is 48.0 Å². The number of amides is 3. The van der Waals surface area contributed by atoms with Crippen molar-refractivity contribution in [1.82, 2.24) is 4.90 Å². The molecule has 8 nitrogen and oxygen atoms in total. The zero-order chi connectivity index (χ0) is 24.5. The van der Waals surface area contributed by atoms with Crippen LogP contribution in [0.3, 0.4) is 0 Å². The van der Waals surface area contributed by atoms with Gasteiger partial charge in [-0.1, -0.05) is 12.1 Å². The fourth-order valence-corrected chi connectivity index (χ4v) is 3.90. The number of nitrogens with zero attached hydrogens (tertiary/aromatic N) is 2. The van der Waals surface area contributed by atoms with E-state index in [4.69, 9.17) is 9.47 Å². The third-order valence-corrected chi connectivity index (χ3v) is 5.64. The van der Waals surface area contributed by atoms with E-state index in [9.17, 15) is 27.6 Å². The second kappa shape index (κ2) is 9.24. The highest BCUT2D eigenvalue weighted by atomic mass is 19.4. The molecular formula is C23H22F3N3O5. The average Bonchev–Trinajstić information content (AvgIpc) is 3.42. The Balaban J connectivity index is 1.40. The lowest BCUT2D eigenvalue weighted by Gasteiger charge is -2.22. The van der Waals surface area contributed by atoms with Gasteiger partial charge in [0, 0.05) is 43.5 Å². The lowest BCUT2D eigenvalue weighted by atomic mass is 10.1. The van der Waals surface area contributed by atoms with Gasteiger partial charge in [0.1, 0.15) is 0 Å². The summed E-state index contributed by atoms with van der Waals surface area (Å²) in [5, 5.41) is 2.72. The molecule has 1 fully saturated rings. The van der Waals surface area contributed by atoms with Crippen LogP contribution in [0.5, 0.6) is 11.5 Å². The van der Waals surface area contributed by atoms with E-state index in [-0.39, 0.29) is 44.7 Å². The Kier molecular flexibility index (Phi) is 6.36. The van der Waals surface area contributed by atoms with Crippen LogP contribution in [0, 0.1) is 5.92 Å². The highest BCUT2D eigenvalue weighted by Gasteiger charge is 2.42. The van der Waals surface area contributed by atoms with Crippen LogP contribution in [0.25, 0.3) is 0 Å². The number of fused-ring (bicyclic) bond motifs is 1. The van der Waals surface area contributed by atoms with Gasteiger partial charge in [-0.05, 0) is 36.8 Å². The smallest absolute Gasteiger partial charge is 0.454 e. The predicted molar refractivity (Wildman–Crippen MR) is 115 cm³/mol. The van der Waals surface area contributed by atoms with Gasteiger partial charge >= 0.3 is 12.1 Å². The second-order valence-corrected chi connectivity index (χ2v) is 7.95. The highest BCUT2D eigenvalue weighted by molar-refractivity contribution is 6.03. The standard InChI is InChI=1S/C23H22F3N3O5/c1-2-28(22(32)23(24,25)26)11-14-4-3-5-16(8-14)27-21(31)15-9-20(30)29(12-15)17-6-7-18-19(10-17)34-13-33-18/h3-8,10,15H,2,9,11-13H2,1H3,(H,27,31). The van der Waals surface area contributed by atoms with E-state index in [1.165, 1.54) is 17.9 Å². The van der Waals surface area contributed by atoms with Gasteiger partial charge in [-0.15, -0.1) is 0 Å². The minimum atomic E-state index is -4.96. The summed E-state index contributed by atoms with van der Waals surface area (Å²) in [4.78, 5) is 39.1. The Labute approximate surface area is 193 Å². The molecule has 1 atom stereocenters. The Morgan fingerprint density at radius 3 is 2.65 bits per heavy atom. The highest BCUT2D eigenvalue weighted by Crippen LogP contribution is 2.37. The van der Waals surface area contributed by atoms with Gasteiger partial charge < -0.3 is 24.6 Å². The van der Waals surface area contributed by atoms with Crippen LogP contribution >= 0.6 is 0 Å². The second-order valence-electron chi connectivity index (χ2n) is 7.95. The first-order valence-electron chi connectivity index (χ1n) is 10.6. The normalized spacial score (nSPS) is 17.1. The van der Waals surface area contributed by atoms with Crippen LogP contribution in [0.2, 0.25) is 0 Å². The zero-order valence-electron chi connectivity index (χ0n) is 18.2. The van der Waals surface area contributed by atoms with Crippen molar-refractivity contribution >= 4 is 29.1 Å². The van der Waals surface area contributed by atoms with Gasteiger partial charge in [-0.3, -0.25) is 14.4 Å². The molecule has 1 unspecified atom stereocenters. The van der Waals surface area contributed by atoms with Crippen molar-refractivity contribution in [2.45, 2.75) is 26.1 Å². The number of carbonyl (C=O) groups excluding carboxylic acids is 3. The van der Waals surface area contributed by atoms with Gasteiger partial charge in [0.05, 0.1) is 5.92 Å². The molecule has 2 aliphatic rings. The fourth-order valence-electron chi connectivity index (χ4n) is 3.90. The van der Waals surface area contributed by atoms with E-state index in [1.54, 1.807) is 36.4 Å². The number of nitrogens with one attached hydrogen (secondary N) is 1. The molecule has 2 aromatic carbocycles. The first kappa shape index (κ1) is 23.4. The molecule has 0 radical (unpaired) electrons. The maximum Gasteiger partial charge on any atom is 0.471 e. The maximum absolute atomic E-state index is 12.8. The number of rotatable bonds is 6. The average molecular weight is 477 g/mol. The number of alkyl halides is 3. The van der Waals surface area contributed by atoms with Gasteiger partial charge in [0.15, 0.2) is 11.5 Å². The summed E-state index contributed by atoms with van der Waals surface area (Å²) >= 11 is 0. The Morgan fingerprint density at radius 2 is 1.91 bits per heavy atom. The number of carbonyl (C=O) groups is 3. The Bertz CT molecular complexity index is 1120. The van der Waals surface area contributed by atoms with Crippen LogP contribution in [0.4, 0.5) is 24.5 Å². The number of benzene rings is 2. The molecule has 2 heterocycles. The molecule has 0 saturated carbocycles. The van der Waals surface area contributed by atoms with E-state index < -0.39 is 18.0 Å². The third-order valence-electron chi connectivity index (χ3n) is 5.64. The van der Waals surface area contributed by atoms with E-state index in [1.807, 2.05) is 0 Å². The minimum Gasteiger partial charge on any atom is -0.454 e. The van der Waals surface area contributed by atoms with E-state index in [0.717, 1.165) is 0 Å². The molecule has 11 heteroatoms. The van der Waals surface area contributed by atoms with E-state index in [2.05, 4.69) is 5.32 Å². The van der Waals surface area contributed by atoms with Gasteiger partial charge in [-0.2, -0.15) is 13.2 Å². The first-order chi connectivity index (χ1) is 16.2. The SMILES string of the molecule is CCN(Cc1cccc(NC(=O)C2CC(=O)N(c3ccc4c(c3)OCO4)C2)c1)C(=O)C(F)(F)F. The number of hydrogen-bond donors (Lipinski definition) is 1. The van der Waals surface area contributed by atoms with Gasteiger partial charge in [0.2, 0.25) is 18.6 Å². The van der Waals surface area contributed by atoms with Crippen LogP contribution in [-0.2, 0) is 20.9 Å². The summed E-state index contributed by atoms with van der Waals surface area (Å²) in [6.45, 7) is 1.37. The van der Waals surface area contributed by atoms with E-state index in [0.29, 0.717) is 33.3 Å². The van der Waals surface area contributed by atoms with Crippen LogP contribution in [0.15, 0.2) is 42.5 Å². The summed E-state index contributed by atoms with van der Waals surface area (Å²) in [5.74, 6) is -2.01. The zero-order valence-corrected chi connectivity index (χ0v) is 18.2. The summed E-state index contributed by atoms with van der Waals surface area (Å²) < 4.78 is 48.9. The van der Waals surface area contributed by atoms with Crippen molar-refractivity contribution in [3.8, 4) is 11.5 Å². The molecule has 0 bridgehead atoms. The molecule has 34 heavy (non-hydrogen) atoms. The minimum absolute atomic E-state index is 0.0175. The van der Waals surface area contributed by atoms with Crippen molar-refractivity contribution in [2.24, 2.45) is 5.92 Å². The van der Waals surface area contributed by atoms with Gasteiger partial charge in [0.25, 0.3) is 0 Å². The lowest BCUT2D eigenvalue weighted by Crippen LogP contribution is -2.40. The largest absolute Gasteiger partial charge is 0.471 e. The Hall–Kier alpha value is -3.76. The molecule has 1 saturated heterocycles. The van der Waals surface area contributed by atoms with Crippen LogP contribution in [0.1, 0.15) is 18.9 Å². The van der Waals surface area contributed by atoms with Crippen molar-refractivity contribution in [3.63, 3.8) is 0 Å². The molecule has 2 aromatic rings. The molecule has 3 amide bonds. The summed E-state index contributed by atoms with van der Waals surface area (Å²) in [6.07, 6.45) is -4.94. The summed E-state index contributed by atoms with van der Waals surface area (Å²) in [6, 6.07) is 11.4. The quantitative estimate of drug-likeness (QED) is 0.690. The fraction of sp³-hybridized carbons (Fsp3) is 0.348. The van der Waals surface area contributed by atoms with Crippen LogP contribution < -0.4 is 19.7 Å². The van der Waals surface area contributed by atoms with Crippen molar-refractivity contribution in [2.75, 3.05) is 30.1 Å². The maximum atomic E-state index is 12.8.